The number of nitrogens with zero attached hydrogens (tertiary/aromatic N) is 3. The van der Waals surface area contributed by atoms with Gasteiger partial charge in [0.2, 0.25) is 10.0 Å². The Kier molecular flexibility index (Phi) is 5.77. The van der Waals surface area contributed by atoms with Gasteiger partial charge in [-0.25, -0.2) is 17.7 Å². The molecule has 0 aliphatic carbocycles. The van der Waals surface area contributed by atoms with Crippen molar-refractivity contribution >= 4 is 49.1 Å². The summed E-state index contributed by atoms with van der Waals surface area (Å²) in [7, 11) is 0.858. The lowest BCUT2D eigenvalue weighted by atomic mass is 10.1. The number of carbonyl (C=O) groups is 1. The number of rotatable bonds is 5. The molecule has 0 bridgehead atoms. The molecule has 3 aromatic rings. The highest BCUT2D eigenvalue weighted by molar-refractivity contribution is 7.89. The van der Waals surface area contributed by atoms with Crippen LogP contribution in [0.4, 0.5) is 0 Å². The minimum absolute atomic E-state index is 0.0197. The predicted molar refractivity (Wildman–Crippen MR) is 112 cm³/mol. The molecule has 0 saturated carbocycles. The van der Waals surface area contributed by atoms with Gasteiger partial charge in [0, 0.05) is 21.1 Å². The molecule has 1 aromatic heterocycles. The lowest BCUT2D eigenvalue weighted by Gasteiger charge is -2.24. The summed E-state index contributed by atoms with van der Waals surface area (Å²) in [5.74, 6) is -0.368. The number of thiazole rings is 1. The van der Waals surface area contributed by atoms with Gasteiger partial charge in [-0.3, -0.25) is 4.79 Å². The lowest BCUT2D eigenvalue weighted by molar-refractivity contribution is 0.0742. The average molecular weight is 438 g/mol. The highest BCUT2D eigenvalue weighted by Gasteiger charge is 2.26. The Labute approximate surface area is 173 Å². The summed E-state index contributed by atoms with van der Waals surface area (Å²) in [4.78, 5) is 19.2. The van der Waals surface area contributed by atoms with E-state index in [1.165, 1.54) is 48.5 Å². The van der Waals surface area contributed by atoms with Gasteiger partial charge in [-0.05, 0) is 37.3 Å². The van der Waals surface area contributed by atoms with Crippen molar-refractivity contribution in [1.82, 2.24) is 14.2 Å². The zero-order valence-electron chi connectivity index (χ0n) is 15.9. The molecule has 9 heteroatoms. The first-order valence-electron chi connectivity index (χ1n) is 8.47. The van der Waals surface area contributed by atoms with Gasteiger partial charge in [-0.1, -0.05) is 23.7 Å². The van der Waals surface area contributed by atoms with Crippen molar-refractivity contribution in [2.24, 2.45) is 0 Å². The van der Waals surface area contributed by atoms with E-state index in [9.17, 15) is 13.2 Å². The normalized spacial score (nSPS) is 13.1. The Balaban J connectivity index is 1.94. The van der Waals surface area contributed by atoms with E-state index in [4.69, 9.17) is 11.6 Å². The van der Waals surface area contributed by atoms with Crippen molar-refractivity contribution in [2.45, 2.75) is 17.9 Å². The molecule has 0 spiro atoms. The number of carbonyl (C=O) groups excluding carboxylic acids is 1. The molecule has 0 saturated heterocycles. The van der Waals surface area contributed by atoms with E-state index in [1.807, 2.05) is 31.2 Å². The van der Waals surface area contributed by atoms with Crippen molar-refractivity contribution in [3.63, 3.8) is 0 Å². The van der Waals surface area contributed by atoms with E-state index in [2.05, 4.69) is 4.98 Å². The van der Waals surface area contributed by atoms with E-state index >= 15 is 0 Å². The molecule has 1 heterocycles. The number of aromatic nitrogens is 1. The summed E-state index contributed by atoms with van der Waals surface area (Å²) in [6.07, 6.45) is 0. The van der Waals surface area contributed by atoms with Gasteiger partial charge in [-0.2, -0.15) is 0 Å². The van der Waals surface area contributed by atoms with Crippen LogP contribution in [0.15, 0.2) is 47.4 Å². The molecule has 0 unspecified atom stereocenters. The van der Waals surface area contributed by atoms with Crippen LogP contribution in [0.2, 0.25) is 5.02 Å². The zero-order chi connectivity index (χ0) is 20.6. The third kappa shape index (κ3) is 3.77. The van der Waals surface area contributed by atoms with Crippen molar-refractivity contribution in [3.8, 4) is 0 Å². The van der Waals surface area contributed by atoms with Crippen LogP contribution in [0, 0.1) is 0 Å². The first kappa shape index (κ1) is 20.7. The molecule has 6 nitrogen and oxygen atoms in total. The topological polar surface area (TPSA) is 70.6 Å². The Hall–Kier alpha value is -2.00. The molecule has 0 fully saturated rings. The summed E-state index contributed by atoms with van der Waals surface area (Å²) >= 11 is 7.73. The van der Waals surface area contributed by atoms with Crippen LogP contribution in [0.3, 0.4) is 0 Å². The monoisotopic (exact) mass is 437 g/mol. The van der Waals surface area contributed by atoms with Crippen LogP contribution in [0.1, 0.15) is 28.3 Å². The molecular formula is C19H20ClN3O3S2. The zero-order valence-corrected chi connectivity index (χ0v) is 18.3. The molecule has 2 aromatic carbocycles. The third-order valence-electron chi connectivity index (χ3n) is 4.52. The fourth-order valence-electron chi connectivity index (χ4n) is 2.64. The van der Waals surface area contributed by atoms with E-state index in [-0.39, 0.29) is 27.4 Å². The summed E-state index contributed by atoms with van der Waals surface area (Å²) in [5, 5.41) is 0.997. The highest BCUT2D eigenvalue weighted by Crippen LogP contribution is 2.31. The van der Waals surface area contributed by atoms with Crippen molar-refractivity contribution in [3.05, 3.63) is 58.1 Å². The standard InChI is InChI=1S/C19H20ClN3O3S2/c1-12(18-21-16-7-5-6-8-17(16)27-18)23(4)19(24)14-11-13(9-10-15(14)20)28(25,26)22(2)3/h5-12H,1-4H3/t12-/m1/s1. The lowest BCUT2D eigenvalue weighted by Crippen LogP contribution is -2.30. The molecule has 0 radical (unpaired) electrons. The molecular weight excluding hydrogens is 418 g/mol. The second-order valence-corrected chi connectivity index (χ2v) is 10.2. The van der Waals surface area contributed by atoms with Crippen molar-refractivity contribution < 1.29 is 13.2 Å². The summed E-state index contributed by atoms with van der Waals surface area (Å²) in [6.45, 7) is 1.88. The minimum atomic E-state index is -3.67. The van der Waals surface area contributed by atoms with Crippen molar-refractivity contribution in [1.29, 1.82) is 0 Å². The first-order chi connectivity index (χ1) is 13.1. The second-order valence-electron chi connectivity index (χ2n) is 6.54. The number of para-hydroxylation sites is 1. The smallest absolute Gasteiger partial charge is 0.255 e. The Bertz CT molecular complexity index is 1110. The predicted octanol–water partition coefficient (Wildman–Crippen LogP) is 4.03. The minimum Gasteiger partial charge on any atom is -0.332 e. The quantitative estimate of drug-likeness (QED) is 0.604. The van der Waals surface area contributed by atoms with E-state index < -0.39 is 10.0 Å². The number of fused-ring (bicyclic) bond motifs is 1. The summed E-state index contributed by atoms with van der Waals surface area (Å²) in [6, 6.07) is 11.6. The van der Waals surface area contributed by atoms with Gasteiger partial charge < -0.3 is 4.90 Å². The van der Waals surface area contributed by atoms with Gasteiger partial charge in [0.15, 0.2) is 0 Å². The van der Waals surface area contributed by atoms with Gasteiger partial charge >= 0.3 is 0 Å². The summed E-state index contributed by atoms with van der Waals surface area (Å²) < 4.78 is 26.9. The first-order valence-corrected chi connectivity index (χ1v) is 11.1. The maximum Gasteiger partial charge on any atom is 0.255 e. The van der Waals surface area contributed by atoms with E-state index in [0.29, 0.717) is 0 Å². The largest absolute Gasteiger partial charge is 0.332 e. The molecule has 28 heavy (non-hydrogen) atoms. The number of benzene rings is 2. The van der Waals surface area contributed by atoms with E-state index in [1.54, 1.807) is 7.05 Å². The molecule has 1 atom stereocenters. The molecule has 0 aliphatic rings. The third-order valence-corrected chi connectivity index (χ3v) is 7.86. The maximum absolute atomic E-state index is 13.1. The molecule has 0 N–H and O–H groups in total. The molecule has 148 valence electrons. The van der Waals surface area contributed by atoms with Crippen LogP contribution in [0.25, 0.3) is 10.2 Å². The molecule has 3 rings (SSSR count). The van der Waals surface area contributed by atoms with Gasteiger partial charge in [0.1, 0.15) is 5.01 Å². The van der Waals surface area contributed by atoms with Gasteiger partial charge in [0.25, 0.3) is 5.91 Å². The number of sulfonamides is 1. The fraction of sp³-hybridized carbons (Fsp3) is 0.263. The molecule has 0 aliphatic heterocycles. The highest BCUT2D eigenvalue weighted by atomic mass is 35.5. The number of hydrogen-bond donors (Lipinski definition) is 0. The van der Waals surface area contributed by atoms with Crippen LogP contribution < -0.4 is 0 Å². The maximum atomic E-state index is 13.1. The SMILES string of the molecule is C[C@H](c1nc2ccccc2s1)N(C)C(=O)c1cc(S(=O)(=O)N(C)C)ccc1Cl. The molecule has 1 amide bonds. The van der Waals surface area contributed by atoms with Crippen LogP contribution in [0.5, 0.6) is 0 Å². The number of halogens is 1. The Morgan fingerprint density at radius 2 is 1.82 bits per heavy atom. The Morgan fingerprint density at radius 1 is 1.14 bits per heavy atom. The van der Waals surface area contributed by atoms with Crippen molar-refractivity contribution in [2.75, 3.05) is 21.1 Å². The fourth-order valence-corrected chi connectivity index (χ4v) is 4.83. The second kappa shape index (κ2) is 7.79. The Morgan fingerprint density at radius 3 is 2.46 bits per heavy atom. The van der Waals surface area contributed by atoms with E-state index in [0.717, 1.165) is 19.5 Å². The average Bonchev–Trinajstić information content (AvgIpc) is 3.10. The number of amides is 1. The van der Waals surface area contributed by atoms with Crippen LogP contribution >= 0.6 is 22.9 Å². The van der Waals surface area contributed by atoms with Crippen LogP contribution in [-0.4, -0.2) is 49.7 Å². The number of hydrogen-bond acceptors (Lipinski definition) is 5. The van der Waals surface area contributed by atoms with Gasteiger partial charge in [-0.15, -0.1) is 11.3 Å². The summed E-state index contributed by atoms with van der Waals surface area (Å²) in [5.41, 5.74) is 1.02. The van der Waals surface area contributed by atoms with Gasteiger partial charge in [0.05, 0.1) is 31.7 Å². The van der Waals surface area contributed by atoms with Crippen LogP contribution in [-0.2, 0) is 10.0 Å².